The zero-order valence-corrected chi connectivity index (χ0v) is 14.9. The topological polar surface area (TPSA) is 73.9 Å². The van der Waals surface area contributed by atoms with E-state index in [1.807, 2.05) is 30.3 Å². The van der Waals surface area contributed by atoms with Crippen LogP contribution >= 0.6 is 11.6 Å². The van der Waals surface area contributed by atoms with Gasteiger partial charge in [-0.1, -0.05) is 41.9 Å². The number of amides is 1. The van der Waals surface area contributed by atoms with E-state index in [4.69, 9.17) is 25.8 Å². The van der Waals surface area contributed by atoms with E-state index in [1.54, 1.807) is 6.07 Å². The third-order valence-electron chi connectivity index (χ3n) is 3.93. The summed E-state index contributed by atoms with van der Waals surface area (Å²) in [7, 11) is 1.29. The molecule has 1 heterocycles. The van der Waals surface area contributed by atoms with E-state index in [0.717, 1.165) is 5.56 Å². The highest BCUT2D eigenvalue weighted by atomic mass is 35.5. The summed E-state index contributed by atoms with van der Waals surface area (Å²) in [5, 5.41) is 2.98. The number of fused-ring (bicyclic) bond motifs is 1. The van der Waals surface area contributed by atoms with Crippen molar-refractivity contribution in [3.8, 4) is 11.5 Å². The van der Waals surface area contributed by atoms with E-state index in [2.05, 4.69) is 5.32 Å². The second-order valence-corrected chi connectivity index (χ2v) is 6.13. The number of halogens is 1. The average molecular weight is 376 g/mol. The fraction of sp³-hybridized carbons (Fsp3) is 0.263. The summed E-state index contributed by atoms with van der Waals surface area (Å²) < 4.78 is 15.7. The largest absolute Gasteiger partial charge is 0.486 e. The predicted octanol–water partition coefficient (Wildman–Crippen LogP) is 2.63. The highest BCUT2D eigenvalue weighted by Gasteiger charge is 2.25. The fourth-order valence-corrected chi connectivity index (χ4v) is 2.93. The molecule has 0 aliphatic carbocycles. The second-order valence-electron chi connectivity index (χ2n) is 5.72. The molecular formula is C19H18ClNO5. The van der Waals surface area contributed by atoms with Crippen molar-refractivity contribution in [2.75, 3.05) is 20.3 Å². The molecule has 0 spiro atoms. The molecule has 2 aromatic rings. The molecule has 1 N–H and O–H groups in total. The van der Waals surface area contributed by atoms with Crippen molar-refractivity contribution < 1.29 is 23.8 Å². The molecule has 0 aromatic heterocycles. The Morgan fingerprint density at radius 3 is 2.65 bits per heavy atom. The summed E-state index contributed by atoms with van der Waals surface area (Å²) in [5.74, 6) is -0.143. The number of nitrogens with one attached hydrogen (secondary N) is 1. The Morgan fingerprint density at radius 2 is 1.92 bits per heavy atom. The quantitative estimate of drug-likeness (QED) is 0.813. The lowest BCUT2D eigenvalue weighted by Crippen LogP contribution is -2.43. The smallest absolute Gasteiger partial charge is 0.328 e. The molecule has 0 saturated carbocycles. The average Bonchev–Trinajstić information content (AvgIpc) is 2.67. The van der Waals surface area contributed by atoms with Crippen LogP contribution in [0.25, 0.3) is 0 Å². The molecule has 0 radical (unpaired) electrons. The Labute approximate surface area is 156 Å². The number of benzene rings is 2. The third-order valence-corrected chi connectivity index (χ3v) is 4.21. The minimum atomic E-state index is -0.818. The van der Waals surface area contributed by atoms with E-state index >= 15 is 0 Å². The normalized spacial score (nSPS) is 13.6. The van der Waals surface area contributed by atoms with Gasteiger partial charge in [0.25, 0.3) is 5.91 Å². The Balaban J connectivity index is 1.79. The van der Waals surface area contributed by atoms with Crippen LogP contribution in [0.3, 0.4) is 0 Å². The number of esters is 1. The van der Waals surface area contributed by atoms with Crippen LogP contribution in [0, 0.1) is 0 Å². The van der Waals surface area contributed by atoms with E-state index in [9.17, 15) is 9.59 Å². The monoisotopic (exact) mass is 375 g/mol. The van der Waals surface area contributed by atoms with Gasteiger partial charge >= 0.3 is 5.97 Å². The molecule has 3 rings (SSSR count). The Hall–Kier alpha value is -2.73. The lowest BCUT2D eigenvalue weighted by Gasteiger charge is -2.21. The summed E-state index contributed by atoms with van der Waals surface area (Å²) in [6.07, 6.45) is 0.317. The molecule has 0 bridgehead atoms. The van der Waals surface area contributed by atoms with Gasteiger partial charge in [0, 0.05) is 12.0 Å². The van der Waals surface area contributed by atoms with Gasteiger partial charge in [-0.05, 0) is 17.7 Å². The molecule has 7 heteroatoms. The number of carbonyl (C=O) groups excluding carboxylic acids is 2. The van der Waals surface area contributed by atoms with Gasteiger partial charge in [-0.3, -0.25) is 4.79 Å². The summed E-state index contributed by atoms with van der Waals surface area (Å²) in [6, 6.07) is 11.6. The number of carbonyl (C=O) groups is 2. The van der Waals surface area contributed by atoms with Gasteiger partial charge in [0.2, 0.25) is 0 Å². The molecule has 26 heavy (non-hydrogen) atoms. The van der Waals surface area contributed by atoms with E-state index in [-0.39, 0.29) is 10.6 Å². The van der Waals surface area contributed by atoms with Crippen LogP contribution in [0.2, 0.25) is 5.02 Å². The van der Waals surface area contributed by atoms with Gasteiger partial charge in [-0.2, -0.15) is 0 Å². The molecule has 136 valence electrons. The summed E-state index contributed by atoms with van der Waals surface area (Å²) in [5.41, 5.74) is 1.18. The van der Waals surface area contributed by atoms with E-state index < -0.39 is 17.9 Å². The van der Waals surface area contributed by atoms with Crippen LogP contribution in [-0.4, -0.2) is 38.2 Å². The molecule has 6 nitrogen and oxygen atoms in total. The van der Waals surface area contributed by atoms with Gasteiger partial charge < -0.3 is 19.5 Å². The molecular weight excluding hydrogens is 358 g/mol. The van der Waals surface area contributed by atoms with E-state index in [0.29, 0.717) is 31.1 Å². The molecule has 1 aliphatic rings. The lowest BCUT2D eigenvalue weighted by molar-refractivity contribution is -0.142. The number of methoxy groups -OCH3 is 1. The van der Waals surface area contributed by atoms with Crippen LogP contribution < -0.4 is 14.8 Å². The standard InChI is InChI=1S/C19H18ClNO5/c1-24-19(23)15(9-12-5-3-2-4-6-12)21-18(22)13-10-14(20)17-16(11-13)25-7-8-26-17/h2-6,10-11,15H,7-9H2,1H3,(H,21,22)/t15-/m1/s1. The predicted molar refractivity (Wildman–Crippen MR) is 95.9 cm³/mol. The van der Waals surface area contributed by atoms with Crippen LogP contribution in [0.5, 0.6) is 11.5 Å². The fourth-order valence-electron chi connectivity index (χ4n) is 2.67. The van der Waals surface area contributed by atoms with Crippen LogP contribution in [0.1, 0.15) is 15.9 Å². The molecule has 1 atom stereocenters. The second kappa shape index (κ2) is 8.10. The van der Waals surface area contributed by atoms with Gasteiger partial charge in [-0.15, -0.1) is 0 Å². The van der Waals surface area contributed by atoms with Gasteiger partial charge in [0.05, 0.1) is 12.1 Å². The number of hydrogen-bond donors (Lipinski definition) is 1. The summed E-state index contributed by atoms with van der Waals surface area (Å²) in [6.45, 7) is 0.785. The minimum absolute atomic E-state index is 0.279. The maximum Gasteiger partial charge on any atom is 0.328 e. The van der Waals surface area contributed by atoms with Crippen molar-refractivity contribution in [2.45, 2.75) is 12.5 Å². The number of ether oxygens (including phenoxy) is 3. The number of rotatable bonds is 5. The molecule has 0 fully saturated rings. The first-order chi connectivity index (χ1) is 12.6. The van der Waals surface area contributed by atoms with Crippen LogP contribution in [0.15, 0.2) is 42.5 Å². The number of hydrogen-bond acceptors (Lipinski definition) is 5. The molecule has 0 saturated heterocycles. The maximum atomic E-state index is 12.6. The van der Waals surface area contributed by atoms with E-state index in [1.165, 1.54) is 13.2 Å². The lowest BCUT2D eigenvalue weighted by atomic mass is 10.1. The van der Waals surface area contributed by atoms with Crippen molar-refractivity contribution >= 4 is 23.5 Å². The molecule has 1 aliphatic heterocycles. The molecule has 0 unspecified atom stereocenters. The van der Waals surface area contributed by atoms with Gasteiger partial charge in [0.15, 0.2) is 11.5 Å². The first kappa shape index (κ1) is 18.1. The molecule has 1 amide bonds. The van der Waals surface area contributed by atoms with Crippen molar-refractivity contribution in [2.24, 2.45) is 0 Å². The Bertz CT molecular complexity index is 809. The third kappa shape index (κ3) is 4.08. The highest BCUT2D eigenvalue weighted by Crippen LogP contribution is 2.38. The van der Waals surface area contributed by atoms with Crippen molar-refractivity contribution in [3.05, 3.63) is 58.6 Å². The van der Waals surface area contributed by atoms with Crippen LogP contribution in [0.4, 0.5) is 0 Å². The summed E-state index contributed by atoms with van der Waals surface area (Å²) >= 11 is 6.17. The maximum absolute atomic E-state index is 12.6. The first-order valence-electron chi connectivity index (χ1n) is 8.10. The minimum Gasteiger partial charge on any atom is -0.486 e. The Morgan fingerprint density at radius 1 is 1.19 bits per heavy atom. The van der Waals surface area contributed by atoms with Crippen molar-refractivity contribution in [3.63, 3.8) is 0 Å². The zero-order chi connectivity index (χ0) is 18.5. The summed E-state index contributed by atoms with van der Waals surface area (Å²) in [4.78, 5) is 24.7. The van der Waals surface area contributed by atoms with Crippen LogP contribution in [-0.2, 0) is 16.0 Å². The Kier molecular flexibility index (Phi) is 5.63. The van der Waals surface area contributed by atoms with Gasteiger partial charge in [-0.25, -0.2) is 4.79 Å². The molecule has 2 aromatic carbocycles. The SMILES string of the molecule is COC(=O)[C@@H](Cc1ccccc1)NC(=O)c1cc(Cl)c2c(c1)OCCO2. The van der Waals surface area contributed by atoms with Gasteiger partial charge in [0.1, 0.15) is 19.3 Å². The highest BCUT2D eigenvalue weighted by molar-refractivity contribution is 6.32. The first-order valence-corrected chi connectivity index (χ1v) is 8.48. The van der Waals surface area contributed by atoms with Crippen molar-refractivity contribution in [1.29, 1.82) is 0 Å². The zero-order valence-electron chi connectivity index (χ0n) is 14.2. The van der Waals surface area contributed by atoms with Crippen molar-refractivity contribution in [1.82, 2.24) is 5.32 Å².